The largest absolute Gasteiger partial charge is 0.493 e. The van der Waals surface area contributed by atoms with Gasteiger partial charge in [0.15, 0.2) is 12.4 Å². The van der Waals surface area contributed by atoms with E-state index < -0.39 is 16.0 Å². The highest BCUT2D eigenvalue weighted by Crippen LogP contribution is 2.30. The minimum atomic E-state index is -3.36. The van der Waals surface area contributed by atoms with E-state index in [4.69, 9.17) is 9.47 Å². The van der Waals surface area contributed by atoms with E-state index in [0.29, 0.717) is 30.6 Å². The molecule has 1 heterocycles. The molecular formula is C23H27NO6S. The summed E-state index contributed by atoms with van der Waals surface area (Å²) in [5.41, 5.74) is 3.85. The van der Waals surface area contributed by atoms with Crippen LogP contribution in [0.1, 0.15) is 39.9 Å². The molecule has 0 radical (unpaired) electrons. The molecule has 0 saturated carbocycles. The number of nitrogens with zero attached hydrogens (tertiary/aromatic N) is 1. The van der Waals surface area contributed by atoms with Crippen molar-refractivity contribution in [3.8, 4) is 5.75 Å². The molecular weight excluding hydrogens is 418 g/mol. The summed E-state index contributed by atoms with van der Waals surface area (Å²) in [6.45, 7) is 4.13. The second kappa shape index (κ2) is 9.51. The van der Waals surface area contributed by atoms with Gasteiger partial charge < -0.3 is 9.47 Å². The molecule has 166 valence electrons. The quantitative estimate of drug-likeness (QED) is 0.458. The maximum absolute atomic E-state index is 12.5. The predicted molar refractivity (Wildman–Crippen MR) is 118 cm³/mol. The monoisotopic (exact) mass is 445 g/mol. The van der Waals surface area contributed by atoms with Crippen LogP contribution in [0, 0.1) is 13.8 Å². The predicted octanol–water partition coefficient (Wildman–Crippen LogP) is 3.21. The third-order valence-electron chi connectivity index (χ3n) is 5.15. The Balaban J connectivity index is 1.52. The molecule has 0 unspecified atom stereocenters. The number of hydrogen-bond acceptors (Lipinski definition) is 6. The molecule has 3 rings (SSSR count). The Morgan fingerprint density at radius 2 is 1.87 bits per heavy atom. The molecule has 0 saturated heterocycles. The maximum Gasteiger partial charge on any atom is 0.309 e. The first-order chi connectivity index (χ1) is 14.6. The average molecular weight is 446 g/mol. The lowest BCUT2D eigenvalue weighted by Gasteiger charge is -2.29. The molecule has 0 atom stereocenters. The van der Waals surface area contributed by atoms with E-state index in [1.54, 1.807) is 18.2 Å². The number of fused-ring (bicyclic) bond motifs is 1. The molecule has 0 aromatic heterocycles. The fourth-order valence-electron chi connectivity index (χ4n) is 3.49. The zero-order chi connectivity index (χ0) is 22.6. The van der Waals surface area contributed by atoms with Crippen molar-refractivity contribution in [2.75, 3.05) is 30.3 Å². The van der Waals surface area contributed by atoms with Gasteiger partial charge in [0.1, 0.15) is 5.75 Å². The van der Waals surface area contributed by atoms with Gasteiger partial charge in [-0.25, -0.2) is 8.42 Å². The number of anilines is 1. The molecule has 0 fully saturated rings. The van der Waals surface area contributed by atoms with Crippen molar-refractivity contribution in [1.82, 2.24) is 0 Å². The lowest BCUT2D eigenvalue weighted by atomic mass is 9.99. The highest BCUT2D eigenvalue weighted by molar-refractivity contribution is 7.92. The minimum absolute atomic E-state index is 0.0359. The van der Waals surface area contributed by atoms with E-state index in [1.807, 2.05) is 32.0 Å². The van der Waals surface area contributed by atoms with Crippen LogP contribution >= 0.6 is 0 Å². The Labute approximate surface area is 183 Å². The third-order valence-corrected chi connectivity index (χ3v) is 6.33. The molecule has 8 heteroatoms. The van der Waals surface area contributed by atoms with Gasteiger partial charge in [-0.1, -0.05) is 12.1 Å². The van der Waals surface area contributed by atoms with Gasteiger partial charge >= 0.3 is 5.97 Å². The second-order valence-electron chi connectivity index (χ2n) is 7.73. The molecule has 7 nitrogen and oxygen atoms in total. The van der Waals surface area contributed by atoms with E-state index in [-0.39, 0.29) is 25.4 Å². The van der Waals surface area contributed by atoms with Crippen LogP contribution in [0.4, 0.5) is 5.69 Å². The number of aryl methyl sites for hydroxylation is 3. The molecule has 0 spiro atoms. The van der Waals surface area contributed by atoms with E-state index in [2.05, 4.69) is 0 Å². The van der Waals surface area contributed by atoms with Gasteiger partial charge in [0.05, 0.1) is 25.0 Å². The van der Waals surface area contributed by atoms with Crippen LogP contribution in [0.25, 0.3) is 0 Å². The van der Waals surface area contributed by atoms with E-state index in [1.165, 1.54) is 10.6 Å². The topological polar surface area (TPSA) is 90.0 Å². The summed E-state index contributed by atoms with van der Waals surface area (Å²) in [4.78, 5) is 24.4. The van der Waals surface area contributed by atoms with Crippen LogP contribution in [0.5, 0.6) is 5.75 Å². The molecule has 0 amide bonds. The Morgan fingerprint density at radius 3 is 2.61 bits per heavy atom. The van der Waals surface area contributed by atoms with E-state index in [0.717, 1.165) is 22.4 Å². The second-order valence-corrected chi connectivity index (χ2v) is 9.64. The van der Waals surface area contributed by atoms with Crippen LogP contribution in [-0.2, 0) is 26.0 Å². The van der Waals surface area contributed by atoms with Gasteiger partial charge in [-0.15, -0.1) is 0 Å². The van der Waals surface area contributed by atoms with Crippen molar-refractivity contribution in [3.63, 3.8) is 0 Å². The number of hydrogen-bond donors (Lipinski definition) is 0. The number of esters is 1. The lowest BCUT2D eigenvalue weighted by molar-refractivity contribution is -0.143. The normalized spacial score (nSPS) is 13.5. The first-order valence-electron chi connectivity index (χ1n) is 10.1. The number of carbonyl (C=O) groups is 2. The lowest BCUT2D eigenvalue weighted by Crippen LogP contribution is -2.34. The highest BCUT2D eigenvalue weighted by atomic mass is 32.2. The molecule has 1 aliphatic heterocycles. The van der Waals surface area contributed by atoms with Crippen LogP contribution in [0.2, 0.25) is 0 Å². The zero-order valence-corrected chi connectivity index (χ0v) is 18.8. The van der Waals surface area contributed by atoms with Crippen molar-refractivity contribution >= 4 is 27.5 Å². The summed E-state index contributed by atoms with van der Waals surface area (Å²) >= 11 is 0. The number of Topliss-reactive ketones (excluding diaryl/α,β-unsaturated/α-hetero) is 1. The Morgan fingerprint density at radius 1 is 1.10 bits per heavy atom. The standard InChI is InChI=1S/C23H27NO6S/c1-16-6-7-17(2)22(13-16)29-12-10-23(26)30-15-21(25)19-8-9-20-18(14-19)5-4-11-24(20)31(3,27)28/h6-9,13-14H,4-5,10-12,15H2,1-3H3. The van der Waals surface area contributed by atoms with Gasteiger partial charge in [0, 0.05) is 12.1 Å². The van der Waals surface area contributed by atoms with Crippen LogP contribution < -0.4 is 9.04 Å². The summed E-state index contributed by atoms with van der Waals surface area (Å²) in [5.74, 6) is -0.121. The van der Waals surface area contributed by atoms with Crippen molar-refractivity contribution in [1.29, 1.82) is 0 Å². The van der Waals surface area contributed by atoms with Crippen molar-refractivity contribution in [3.05, 3.63) is 58.7 Å². The van der Waals surface area contributed by atoms with Gasteiger partial charge in [0.25, 0.3) is 0 Å². The van der Waals surface area contributed by atoms with Gasteiger partial charge in [0.2, 0.25) is 10.0 Å². The van der Waals surface area contributed by atoms with Crippen molar-refractivity contribution < 1.29 is 27.5 Å². The number of ketones is 1. The molecule has 0 bridgehead atoms. The fourth-order valence-corrected chi connectivity index (χ4v) is 4.49. The molecule has 1 aliphatic rings. The molecule has 2 aromatic rings. The molecule has 0 aliphatic carbocycles. The van der Waals surface area contributed by atoms with E-state index in [9.17, 15) is 18.0 Å². The minimum Gasteiger partial charge on any atom is -0.493 e. The summed E-state index contributed by atoms with van der Waals surface area (Å²) in [6, 6.07) is 10.7. The third kappa shape index (κ3) is 5.85. The van der Waals surface area contributed by atoms with Crippen molar-refractivity contribution in [2.24, 2.45) is 0 Å². The van der Waals surface area contributed by atoms with Crippen LogP contribution in [0.15, 0.2) is 36.4 Å². The number of ether oxygens (including phenoxy) is 2. The van der Waals surface area contributed by atoms with Gasteiger partial charge in [-0.3, -0.25) is 13.9 Å². The highest BCUT2D eigenvalue weighted by Gasteiger charge is 2.24. The average Bonchev–Trinajstić information content (AvgIpc) is 2.73. The van der Waals surface area contributed by atoms with Crippen LogP contribution in [-0.4, -0.2) is 46.2 Å². The number of sulfonamides is 1. The van der Waals surface area contributed by atoms with Crippen molar-refractivity contribution in [2.45, 2.75) is 33.1 Å². The number of benzene rings is 2. The summed E-state index contributed by atoms with van der Waals surface area (Å²) in [6.07, 6.45) is 2.59. The van der Waals surface area contributed by atoms with Gasteiger partial charge in [-0.05, 0) is 67.6 Å². The van der Waals surface area contributed by atoms with E-state index >= 15 is 0 Å². The summed E-state index contributed by atoms with van der Waals surface area (Å²) < 4.78 is 36.0. The van der Waals surface area contributed by atoms with Crippen LogP contribution in [0.3, 0.4) is 0 Å². The Hall–Kier alpha value is -2.87. The zero-order valence-electron chi connectivity index (χ0n) is 18.0. The maximum atomic E-state index is 12.5. The summed E-state index contributed by atoms with van der Waals surface area (Å²) in [7, 11) is -3.36. The first-order valence-corrected chi connectivity index (χ1v) is 12.0. The number of carbonyl (C=O) groups excluding carboxylic acids is 2. The SMILES string of the molecule is Cc1ccc(C)c(OCCC(=O)OCC(=O)c2ccc3c(c2)CCCN3S(C)(=O)=O)c1. The number of rotatable bonds is 8. The Bertz CT molecular complexity index is 1090. The summed E-state index contributed by atoms with van der Waals surface area (Å²) in [5, 5.41) is 0. The molecule has 2 aromatic carbocycles. The smallest absolute Gasteiger partial charge is 0.309 e. The fraction of sp³-hybridized carbons (Fsp3) is 0.391. The Kier molecular flexibility index (Phi) is 7.00. The van der Waals surface area contributed by atoms with Gasteiger partial charge in [-0.2, -0.15) is 0 Å². The molecule has 0 N–H and O–H groups in total. The first kappa shape index (κ1) is 22.8. The molecule has 31 heavy (non-hydrogen) atoms.